The SMILES string of the molecule is CC(=O)NC(Cc1ccc(-c2ccccc2)cc1)(C(=O)O)C(=O)O. The lowest BCUT2D eigenvalue weighted by Crippen LogP contribution is -2.61. The number of hydrogen-bond acceptors (Lipinski definition) is 3. The van der Waals surface area contributed by atoms with Crippen LogP contribution in [-0.2, 0) is 20.8 Å². The van der Waals surface area contributed by atoms with E-state index in [0.717, 1.165) is 18.1 Å². The van der Waals surface area contributed by atoms with E-state index < -0.39 is 23.4 Å². The molecule has 0 saturated heterocycles. The van der Waals surface area contributed by atoms with E-state index in [9.17, 15) is 24.6 Å². The molecule has 2 aromatic rings. The van der Waals surface area contributed by atoms with Crippen LogP contribution in [0.1, 0.15) is 12.5 Å². The Morgan fingerprint density at radius 2 is 1.38 bits per heavy atom. The zero-order chi connectivity index (χ0) is 17.7. The summed E-state index contributed by atoms with van der Waals surface area (Å²) in [6, 6.07) is 16.5. The Hall–Kier alpha value is -3.15. The smallest absolute Gasteiger partial charge is 0.341 e. The van der Waals surface area contributed by atoms with Crippen LogP contribution in [0.3, 0.4) is 0 Å². The number of rotatable bonds is 6. The molecule has 6 heteroatoms. The predicted molar refractivity (Wildman–Crippen MR) is 87.4 cm³/mol. The Morgan fingerprint density at radius 1 is 0.875 bits per heavy atom. The molecule has 0 aliphatic carbocycles. The van der Waals surface area contributed by atoms with Gasteiger partial charge in [-0.1, -0.05) is 54.6 Å². The number of aliphatic carboxylic acids is 2. The van der Waals surface area contributed by atoms with Gasteiger partial charge in [0.15, 0.2) is 0 Å². The van der Waals surface area contributed by atoms with Gasteiger partial charge in [0, 0.05) is 13.3 Å². The van der Waals surface area contributed by atoms with Crippen molar-refractivity contribution in [2.75, 3.05) is 0 Å². The normalized spacial score (nSPS) is 10.9. The fourth-order valence-electron chi connectivity index (χ4n) is 2.45. The van der Waals surface area contributed by atoms with E-state index in [4.69, 9.17) is 0 Å². The van der Waals surface area contributed by atoms with Gasteiger partial charge in [-0.2, -0.15) is 0 Å². The highest BCUT2D eigenvalue weighted by Crippen LogP contribution is 2.22. The molecule has 2 aromatic carbocycles. The maximum absolute atomic E-state index is 11.5. The van der Waals surface area contributed by atoms with Crippen molar-refractivity contribution >= 4 is 17.8 Å². The van der Waals surface area contributed by atoms with Gasteiger partial charge in [0.05, 0.1) is 0 Å². The monoisotopic (exact) mass is 327 g/mol. The molecule has 0 aromatic heterocycles. The highest BCUT2D eigenvalue weighted by Gasteiger charge is 2.47. The van der Waals surface area contributed by atoms with Crippen LogP contribution in [-0.4, -0.2) is 33.6 Å². The van der Waals surface area contributed by atoms with Gasteiger partial charge in [-0.05, 0) is 16.7 Å². The van der Waals surface area contributed by atoms with Crippen molar-refractivity contribution < 1.29 is 24.6 Å². The summed E-state index contributed by atoms with van der Waals surface area (Å²) in [5.74, 6) is -3.95. The van der Waals surface area contributed by atoms with Crippen LogP contribution < -0.4 is 5.32 Å². The molecule has 2 rings (SSSR count). The third-order valence-corrected chi connectivity index (χ3v) is 3.65. The average Bonchev–Trinajstić information content (AvgIpc) is 2.55. The second kappa shape index (κ2) is 6.95. The van der Waals surface area contributed by atoms with Crippen LogP contribution in [0.4, 0.5) is 0 Å². The Bertz CT molecular complexity index is 739. The third kappa shape index (κ3) is 3.60. The van der Waals surface area contributed by atoms with E-state index in [1.807, 2.05) is 35.6 Å². The second-order valence-corrected chi connectivity index (χ2v) is 5.44. The molecule has 0 aliphatic heterocycles. The summed E-state index contributed by atoms with van der Waals surface area (Å²) in [7, 11) is 0. The molecule has 1 amide bonds. The van der Waals surface area contributed by atoms with Crippen molar-refractivity contribution in [1.82, 2.24) is 5.32 Å². The summed E-state index contributed by atoms with van der Waals surface area (Å²) in [6.45, 7) is 1.08. The molecule has 0 unspecified atom stereocenters. The lowest BCUT2D eigenvalue weighted by molar-refractivity contribution is -0.161. The first-order valence-corrected chi connectivity index (χ1v) is 7.25. The fraction of sp³-hybridized carbons (Fsp3) is 0.167. The predicted octanol–water partition coefficient (Wildman–Crippen LogP) is 1.94. The molecule has 0 saturated carbocycles. The zero-order valence-corrected chi connectivity index (χ0v) is 13.0. The first-order chi connectivity index (χ1) is 11.3. The van der Waals surface area contributed by atoms with E-state index in [0.29, 0.717) is 5.56 Å². The van der Waals surface area contributed by atoms with Crippen molar-refractivity contribution in [3.8, 4) is 11.1 Å². The topological polar surface area (TPSA) is 104 Å². The molecular weight excluding hydrogens is 310 g/mol. The van der Waals surface area contributed by atoms with E-state index in [1.165, 1.54) is 0 Å². The van der Waals surface area contributed by atoms with Gasteiger partial charge in [0.25, 0.3) is 0 Å². The van der Waals surface area contributed by atoms with Gasteiger partial charge in [-0.3, -0.25) is 4.79 Å². The molecule has 0 heterocycles. The number of benzene rings is 2. The summed E-state index contributed by atoms with van der Waals surface area (Å²) in [6.07, 6.45) is -0.355. The average molecular weight is 327 g/mol. The summed E-state index contributed by atoms with van der Waals surface area (Å²) < 4.78 is 0. The molecule has 0 spiro atoms. The molecule has 24 heavy (non-hydrogen) atoms. The van der Waals surface area contributed by atoms with E-state index in [-0.39, 0.29) is 6.42 Å². The fourth-order valence-corrected chi connectivity index (χ4v) is 2.45. The minimum Gasteiger partial charge on any atom is -0.479 e. The van der Waals surface area contributed by atoms with E-state index >= 15 is 0 Å². The van der Waals surface area contributed by atoms with Crippen LogP contribution in [0.2, 0.25) is 0 Å². The molecule has 0 fully saturated rings. The van der Waals surface area contributed by atoms with Gasteiger partial charge >= 0.3 is 11.9 Å². The lowest BCUT2D eigenvalue weighted by Gasteiger charge is -2.25. The summed E-state index contributed by atoms with van der Waals surface area (Å²) in [5, 5.41) is 20.7. The molecule has 0 bridgehead atoms. The largest absolute Gasteiger partial charge is 0.479 e. The van der Waals surface area contributed by atoms with Crippen molar-refractivity contribution in [1.29, 1.82) is 0 Å². The molecular formula is C18H17NO5. The second-order valence-electron chi connectivity index (χ2n) is 5.44. The van der Waals surface area contributed by atoms with Gasteiger partial charge in [0.2, 0.25) is 11.4 Å². The quantitative estimate of drug-likeness (QED) is 0.704. The van der Waals surface area contributed by atoms with Crippen LogP contribution in [0.25, 0.3) is 11.1 Å². The summed E-state index contributed by atoms with van der Waals surface area (Å²) >= 11 is 0. The standard InChI is InChI=1S/C18H17NO5/c1-12(20)19-18(16(21)22,17(23)24)11-13-7-9-15(10-8-13)14-5-3-2-4-6-14/h2-10H,11H2,1H3,(H,19,20)(H,21,22)(H,23,24). The number of carboxylic acids is 2. The van der Waals surface area contributed by atoms with Crippen molar-refractivity contribution in [3.63, 3.8) is 0 Å². The minimum atomic E-state index is -2.39. The van der Waals surface area contributed by atoms with Crippen LogP contribution in [0, 0.1) is 0 Å². The Morgan fingerprint density at radius 3 is 1.83 bits per heavy atom. The lowest BCUT2D eigenvalue weighted by atomic mass is 9.90. The highest BCUT2D eigenvalue weighted by molar-refractivity contribution is 6.06. The molecule has 0 radical (unpaired) electrons. The zero-order valence-electron chi connectivity index (χ0n) is 13.0. The molecule has 6 nitrogen and oxygen atoms in total. The van der Waals surface area contributed by atoms with Crippen molar-refractivity contribution in [2.24, 2.45) is 0 Å². The van der Waals surface area contributed by atoms with Crippen LogP contribution in [0.5, 0.6) is 0 Å². The molecule has 0 aliphatic rings. The first-order valence-electron chi connectivity index (χ1n) is 7.25. The van der Waals surface area contributed by atoms with Gasteiger partial charge in [0.1, 0.15) is 0 Å². The maximum atomic E-state index is 11.5. The number of amides is 1. The number of hydrogen-bond donors (Lipinski definition) is 3. The Balaban J connectivity index is 2.31. The van der Waals surface area contributed by atoms with Gasteiger partial charge < -0.3 is 15.5 Å². The van der Waals surface area contributed by atoms with Gasteiger partial charge in [-0.15, -0.1) is 0 Å². The first kappa shape index (κ1) is 17.2. The van der Waals surface area contributed by atoms with E-state index in [1.54, 1.807) is 24.3 Å². The maximum Gasteiger partial charge on any atom is 0.341 e. The van der Waals surface area contributed by atoms with Gasteiger partial charge in [-0.25, -0.2) is 9.59 Å². The number of carbonyl (C=O) groups excluding carboxylic acids is 1. The number of carbonyl (C=O) groups is 3. The minimum absolute atomic E-state index is 0.355. The molecule has 0 atom stereocenters. The van der Waals surface area contributed by atoms with Crippen molar-refractivity contribution in [2.45, 2.75) is 18.9 Å². The van der Waals surface area contributed by atoms with Crippen LogP contribution >= 0.6 is 0 Å². The van der Waals surface area contributed by atoms with Crippen LogP contribution in [0.15, 0.2) is 54.6 Å². The van der Waals surface area contributed by atoms with Crippen molar-refractivity contribution in [3.05, 3.63) is 60.2 Å². The number of carboxylic acid groups (broad SMARTS) is 2. The molecule has 3 N–H and O–H groups in total. The highest BCUT2D eigenvalue weighted by atomic mass is 16.4. The number of nitrogens with one attached hydrogen (secondary N) is 1. The Labute approximate surface area is 138 Å². The van der Waals surface area contributed by atoms with E-state index in [2.05, 4.69) is 0 Å². The summed E-state index contributed by atoms with van der Waals surface area (Å²) in [4.78, 5) is 34.3. The Kier molecular flexibility index (Phi) is 4.99. The summed E-state index contributed by atoms with van der Waals surface area (Å²) in [5.41, 5.74) is 0.0251. The third-order valence-electron chi connectivity index (χ3n) is 3.65. The molecule has 124 valence electrons.